The van der Waals surface area contributed by atoms with E-state index in [1.807, 2.05) is 0 Å². The highest BCUT2D eigenvalue weighted by Gasteiger charge is 2.46. The Morgan fingerprint density at radius 1 is 1.06 bits per heavy atom. The lowest BCUT2D eigenvalue weighted by atomic mass is 9.95. The molecule has 0 aromatic heterocycles. The fraction of sp³-hybridized carbons (Fsp3) is 0.333. The van der Waals surface area contributed by atoms with Crippen LogP contribution >= 0.6 is 11.6 Å². The maximum Gasteiger partial charge on any atom is 0.295 e. The predicted octanol–water partition coefficient (Wildman–Crippen LogP) is 3.62. The third kappa shape index (κ3) is 4.55. The normalized spacial score (nSPS) is 21.3. The fourth-order valence-electron chi connectivity index (χ4n) is 4.18. The van der Waals surface area contributed by atoms with Crippen molar-refractivity contribution in [3.8, 4) is 0 Å². The van der Waals surface area contributed by atoms with Crippen LogP contribution in [-0.4, -0.2) is 66.0 Å². The number of ketones is 1. The van der Waals surface area contributed by atoms with Gasteiger partial charge in [0.25, 0.3) is 11.7 Å². The molecule has 1 N–H and O–H groups in total. The summed E-state index contributed by atoms with van der Waals surface area (Å²) in [5.41, 5.74) is 0.393. The fourth-order valence-corrected chi connectivity index (χ4v) is 4.31. The molecule has 0 saturated carbocycles. The van der Waals surface area contributed by atoms with Crippen molar-refractivity contribution in [2.45, 2.75) is 12.5 Å². The highest BCUT2D eigenvalue weighted by molar-refractivity contribution is 6.46. The van der Waals surface area contributed by atoms with Crippen molar-refractivity contribution in [1.29, 1.82) is 0 Å². The smallest absolute Gasteiger partial charge is 0.295 e. The molecule has 0 bridgehead atoms. The molecule has 2 heterocycles. The summed E-state index contributed by atoms with van der Waals surface area (Å²) in [5, 5.41) is 11.4. The molecule has 0 aliphatic carbocycles. The quantitative estimate of drug-likeness (QED) is 0.407. The Hall–Kier alpha value is -2.74. The minimum atomic E-state index is -1.00. The van der Waals surface area contributed by atoms with Gasteiger partial charge in [-0.25, -0.2) is 4.39 Å². The Morgan fingerprint density at radius 3 is 2.44 bits per heavy atom. The Labute approximate surface area is 190 Å². The number of rotatable bonds is 6. The van der Waals surface area contributed by atoms with Gasteiger partial charge in [0.15, 0.2) is 0 Å². The van der Waals surface area contributed by atoms with Gasteiger partial charge in [-0.15, -0.1) is 0 Å². The van der Waals surface area contributed by atoms with E-state index >= 15 is 0 Å². The average molecular weight is 459 g/mol. The van der Waals surface area contributed by atoms with Crippen LogP contribution in [0.5, 0.6) is 0 Å². The van der Waals surface area contributed by atoms with Crippen LogP contribution in [0.3, 0.4) is 0 Å². The molecule has 168 valence electrons. The summed E-state index contributed by atoms with van der Waals surface area (Å²) in [7, 11) is 0. The monoisotopic (exact) mass is 458 g/mol. The first kappa shape index (κ1) is 22.5. The molecule has 0 spiro atoms. The summed E-state index contributed by atoms with van der Waals surface area (Å²) >= 11 is 5.93. The molecule has 2 aliphatic rings. The predicted molar refractivity (Wildman–Crippen MR) is 119 cm³/mol. The first-order valence-corrected chi connectivity index (χ1v) is 10.9. The summed E-state index contributed by atoms with van der Waals surface area (Å²) < 4.78 is 20.1. The van der Waals surface area contributed by atoms with E-state index in [2.05, 4.69) is 4.90 Å². The molecule has 1 amide bonds. The topological polar surface area (TPSA) is 70.1 Å². The Balaban J connectivity index is 1.68. The zero-order valence-corrected chi connectivity index (χ0v) is 18.2. The zero-order valence-electron chi connectivity index (χ0n) is 17.5. The summed E-state index contributed by atoms with van der Waals surface area (Å²) in [6, 6.07) is 11.3. The molecule has 4 rings (SSSR count). The number of morpholine rings is 1. The molecule has 2 fully saturated rings. The second-order valence-corrected chi connectivity index (χ2v) is 8.26. The Bertz CT molecular complexity index is 1030. The van der Waals surface area contributed by atoms with Crippen LogP contribution in [0.15, 0.2) is 54.1 Å². The van der Waals surface area contributed by atoms with Crippen molar-refractivity contribution in [3.05, 3.63) is 76.1 Å². The number of Topliss-reactive ketones (excluding diaryl/α,β-unsaturated/α-hetero) is 1. The molecular formula is C24H24ClFN2O4. The number of benzene rings is 2. The van der Waals surface area contributed by atoms with E-state index in [9.17, 15) is 19.1 Å². The van der Waals surface area contributed by atoms with Crippen LogP contribution in [0, 0.1) is 5.82 Å². The third-order valence-electron chi connectivity index (χ3n) is 5.83. The zero-order chi connectivity index (χ0) is 22.7. The first-order valence-electron chi connectivity index (χ1n) is 10.6. The van der Waals surface area contributed by atoms with Gasteiger partial charge in [-0.1, -0.05) is 29.8 Å². The van der Waals surface area contributed by atoms with Gasteiger partial charge in [-0.2, -0.15) is 0 Å². The number of aliphatic hydroxyl groups excluding tert-OH is 1. The molecule has 6 nitrogen and oxygen atoms in total. The molecule has 0 unspecified atom stereocenters. The van der Waals surface area contributed by atoms with Crippen molar-refractivity contribution < 1.29 is 23.8 Å². The number of likely N-dealkylation sites (tertiary alicyclic amines) is 1. The van der Waals surface area contributed by atoms with Gasteiger partial charge in [-0.05, 0) is 36.8 Å². The second-order valence-electron chi connectivity index (χ2n) is 7.83. The van der Waals surface area contributed by atoms with E-state index in [1.54, 1.807) is 36.4 Å². The lowest BCUT2D eigenvalue weighted by Crippen LogP contribution is -2.39. The van der Waals surface area contributed by atoms with Gasteiger partial charge >= 0.3 is 0 Å². The van der Waals surface area contributed by atoms with E-state index in [0.29, 0.717) is 30.2 Å². The molecule has 2 aromatic rings. The molecule has 2 saturated heterocycles. The largest absolute Gasteiger partial charge is 0.507 e. The Kier molecular flexibility index (Phi) is 6.89. The lowest BCUT2D eigenvalue weighted by molar-refractivity contribution is -0.140. The highest BCUT2D eigenvalue weighted by Crippen LogP contribution is 2.40. The highest BCUT2D eigenvalue weighted by atomic mass is 35.5. The SMILES string of the molecule is O=C1C(=O)N(CCCN2CCOCC2)[C@H](c2ccccc2F)C1=C(O)c1ccc(Cl)cc1. The summed E-state index contributed by atoms with van der Waals surface area (Å²) in [6.45, 7) is 3.95. The number of halogens is 2. The van der Waals surface area contributed by atoms with Gasteiger partial charge < -0.3 is 14.7 Å². The van der Waals surface area contributed by atoms with Crippen LogP contribution in [0.2, 0.25) is 5.02 Å². The van der Waals surface area contributed by atoms with E-state index in [0.717, 1.165) is 19.6 Å². The number of hydrogen-bond acceptors (Lipinski definition) is 5. The molecule has 8 heteroatoms. The number of hydrogen-bond donors (Lipinski definition) is 1. The lowest BCUT2D eigenvalue weighted by Gasteiger charge is -2.29. The second kappa shape index (κ2) is 9.81. The number of carbonyl (C=O) groups excluding carboxylic acids is 2. The first-order chi connectivity index (χ1) is 15.5. The molecular weight excluding hydrogens is 435 g/mol. The summed E-state index contributed by atoms with van der Waals surface area (Å²) in [5.74, 6) is -2.45. The van der Waals surface area contributed by atoms with Crippen LogP contribution < -0.4 is 0 Å². The standard InChI is InChI=1S/C24H24ClFN2O4/c25-17-8-6-16(7-9-17)22(29)20-21(18-4-1-2-5-19(18)26)28(24(31)23(20)30)11-3-10-27-12-14-32-15-13-27/h1-2,4-9,21,29H,3,10-15H2/t21-/m1/s1. The molecule has 2 aromatic carbocycles. The molecule has 2 aliphatic heterocycles. The Morgan fingerprint density at radius 2 is 1.75 bits per heavy atom. The van der Waals surface area contributed by atoms with Gasteiger partial charge in [0, 0.05) is 42.3 Å². The van der Waals surface area contributed by atoms with Crippen molar-refractivity contribution in [1.82, 2.24) is 9.80 Å². The summed E-state index contributed by atoms with van der Waals surface area (Å²) in [6.07, 6.45) is 0.610. The van der Waals surface area contributed by atoms with Crippen LogP contribution in [0.4, 0.5) is 4.39 Å². The van der Waals surface area contributed by atoms with E-state index < -0.39 is 23.5 Å². The van der Waals surface area contributed by atoms with Gasteiger partial charge in [0.1, 0.15) is 11.6 Å². The summed E-state index contributed by atoms with van der Waals surface area (Å²) in [4.78, 5) is 29.5. The minimum Gasteiger partial charge on any atom is -0.507 e. The van der Waals surface area contributed by atoms with Gasteiger partial charge in [0.05, 0.1) is 24.8 Å². The maximum atomic E-state index is 14.8. The van der Waals surface area contributed by atoms with Gasteiger partial charge in [-0.3, -0.25) is 14.5 Å². The maximum absolute atomic E-state index is 14.8. The minimum absolute atomic E-state index is 0.117. The molecule has 1 atom stereocenters. The van der Waals surface area contributed by atoms with E-state index in [1.165, 1.54) is 17.0 Å². The van der Waals surface area contributed by atoms with E-state index in [-0.39, 0.29) is 23.4 Å². The van der Waals surface area contributed by atoms with Crippen molar-refractivity contribution >= 4 is 29.1 Å². The van der Waals surface area contributed by atoms with Crippen molar-refractivity contribution in [2.75, 3.05) is 39.4 Å². The third-order valence-corrected chi connectivity index (χ3v) is 6.09. The average Bonchev–Trinajstić information content (AvgIpc) is 3.05. The molecule has 32 heavy (non-hydrogen) atoms. The van der Waals surface area contributed by atoms with Crippen LogP contribution in [0.25, 0.3) is 5.76 Å². The van der Waals surface area contributed by atoms with E-state index in [4.69, 9.17) is 16.3 Å². The molecule has 0 radical (unpaired) electrons. The number of carbonyl (C=O) groups is 2. The van der Waals surface area contributed by atoms with Crippen molar-refractivity contribution in [2.24, 2.45) is 0 Å². The van der Waals surface area contributed by atoms with Crippen molar-refractivity contribution in [3.63, 3.8) is 0 Å². The number of amides is 1. The number of nitrogens with zero attached hydrogens (tertiary/aromatic N) is 2. The van der Waals surface area contributed by atoms with Crippen LogP contribution in [0.1, 0.15) is 23.6 Å². The number of ether oxygens (including phenoxy) is 1. The van der Waals surface area contributed by atoms with Gasteiger partial charge in [0.2, 0.25) is 0 Å². The van der Waals surface area contributed by atoms with Crippen LogP contribution in [-0.2, 0) is 14.3 Å². The number of aliphatic hydroxyl groups is 1.